The maximum Gasteiger partial charge on any atom is 0.236 e. The maximum atomic E-state index is 13.5. The Morgan fingerprint density at radius 2 is 2.07 bits per heavy atom. The average molecular weight is 233 g/mol. The van der Waals surface area contributed by atoms with Gasteiger partial charge in [0, 0.05) is 0 Å². The number of hydrogen-bond donors (Lipinski definition) is 4. The van der Waals surface area contributed by atoms with Crippen molar-refractivity contribution in [1.82, 2.24) is 0 Å². The highest BCUT2D eigenvalue weighted by Crippen LogP contribution is 2.33. The lowest BCUT2D eigenvalue weighted by Gasteiger charge is -2.11. The minimum atomic E-state index is -0.796. The summed E-state index contributed by atoms with van der Waals surface area (Å²) in [7, 11) is 0. The molecular formula is C8H10ClFN4O. The number of nitrogens with two attached hydrogens (primary N) is 3. The monoisotopic (exact) mass is 232 g/mol. The van der Waals surface area contributed by atoms with E-state index in [0.717, 1.165) is 0 Å². The summed E-state index contributed by atoms with van der Waals surface area (Å²) < 4.78 is 13.5. The Kier molecular flexibility index (Phi) is 3.21. The molecule has 7 N–H and O–H groups in total. The van der Waals surface area contributed by atoms with Crippen LogP contribution in [0, 0.1) is 5.82 Å². The zero-order valence-corrected chi connectivity index (χ0v) is 8.44. The van der Waals surface area contributed by atoms with Gasteiger partial charge in [-0.3, -0.25) is 4.79 Å². The molecule has 0 aliphatic carbocycles. The molecular weight excluding hydrogens is 223 g/mol. The molecule has 0 radical (unpaired) electrons. The predicted molar refractivity (Wildman–Crippen MR) is 57.9 cm³/mol. The highest BCUT2D eigenvalue weighted by atomic mass is 35.5. The van der Waals surface area contributed by atoms with Crippen LogP contribution in [0.15, 0.2) is 6.07 Å². The van der Waals surface area contributed by atoms with Crippen LogP contribution in [-0.4, -0.2) is 12.5 Å². The van der Waals surface area contributed by atoms with E-state index in [1.165, 1.54) is 6.07 Å². The summed E-state index contributed by atoms with van der Waals surface area (Å²) in [5, 5.41) is 2.19. The lowest BCUT2D eigenvalue weighted by Crippen LogP contribution is -2.22. The molecule has 0 heterocycles. The van der Waals surface area contributed by atoms with Gasteiger partial charge in [-0.15, -0.1) is 0 Å². The number of benzene rings is 1. The standard InChI is InChI=1S/C8H10ClFN4O/c9-6-3(11)1-4(12)8(7(6)10)14-2-5(13)15/h1,14H,2,11-12H2,(H2,13,15). The number of primary amides is 1. The number of rotatable bonds is 3. The molecule has 0 aliphatic rings. The van der Waals surface area contributed by atoms with E-state index in [4.69, 9.17) is 28.8 Å². The van der Waals surface area contributed by atoms with Gasteiger partial charge >= 0.3 is 0 Å². The van der Waals surface area contributed by atoms with Crippen LogP contribution in [0.2, 0.25) is 5.02 Å². The lowest BCUT2D eigenvalue weighted by atomic mass is 10.2. The smallest absolute Gasteiger partial charge is 0.236 e. The predicted octanol–water partition coefficient (Wildman–Crippen LogP) is 0.541. The molecule has 0 aliphatic heterocycles. The van der Waals surface area contributed by atoms with Crippen molar-refractivity contribution >= 4 is 34.6 Å². The van der Waals surface area contributed by atoms with E-state index in [1.807, 2.05) is 0 Å². The van der Waals surface area contributed by atoms with Gasteiger partial charge in [-0.05, 0) is 6.07 Å². The molecule has 0 bridgehead atoms. The van der Waals surface area contributed by atoms with Crippen LogP contribution in [0.1, 0.15) is 0 Å². The zero-order chi connectivity index (χ0) is 11.6. The van der Waals surface area contributed by atoms with Gasteiger partial charge in [0.05, 0.1) is 23.6 Å². The Bertz CT molecular complexity index is 410. The van der Waals surface area contributed by atoms with E-state index in [9.17, 15) is 9.18 Å². The summed E-state index contributed by atoms with van der Waals surface area (Å²) in [4.78, 5) is 10.5. The van der Waals surface area contributed by atoms with Gasteiger partial charge < -0.3 is 22.5 Å². The Labute approximate surface area is 90.4 Å². The number of hydrogen-bond acceptors (Lipinski definition) is 4. The third-order valence-electron chi connectivity index (χ3n) is 1.70. The normalized spacial score (nSPS) is 10.0. The molecule has 7 heteroatoms. The van der Waals surface area contributed by atoms with Gasteiger partial charge in [-0.1, -0.05) is 11.6 Å². The quantitative estimate of drug-likeness (QED) is 0.571. The molecule has 0 saturated heterocycles. The zero-order valence-electron chi connectivity index (χ0n) is 7.68. The van der Waals surface area contributed by atoms with Crippen molar-refractivity contribution in [2.75, 3.05) is 23.3 Å². The fraction of sp³-hybridized carbons (Fsp3) is 0.125. The fourth-order valence-electron chi connectivity index (χ4n) is 1.02. The van der Waals surface area contributed by atoms with E-state index in [-0.39, 0.29) is 28.6 Å². The first-order valence-corrected chi connectivity index (χ1v) is 4.36. The summed E-state index contributed by atoms with van der Waals surface area (Å²) in [5.74, 6) is -1.43. The summed E-state index contributed by atoms with van der Waals surface area (Å²) in [5.41, 5.74) is 15.8. The van der Waals surface area contributed by atoms with Crippen molar-refractivity contribution < 1.29 is 9.18 Å². The second-order valence-corrected chi connectivity index (χ2v) is 3.26. The topological polar surface area (TPSA) is 107 Å². The van der Waals surface area contributed by atoms with Crippen LogP contribution < -0.4 is 22.5 Å². The summed E-state index contributed by atoms with van der Waals surface area (Å²) in [6.07, 6.45) is 0. The number of carbonyl (C=O) groups excluding carboxylic acids is 1. The van der Waals surface area contributed by atoms with Crippen molar-refractivity contribution in [3.05, 3.63) is 16.9 Å². The molecule has 0 fully saturated rings. The fourth-order valence-corrected chi connectivity index (χ4v) is 1.17. The SMILES string of the molecule is NC(=O)CNc1c(N)cc(N)c(Cl)c1F. The number of anilines is 3. The van der Waals surface area contributed by atoms with E-state index < -0.39 is 11.7 Å². The minimum absolute atomic E-state index is 0.0382. The number of nitrogen functional groups attached to an aromatic ring is 2. The minimum Gasteiger partial charge on any atom is -0.397 e. The second-order valence-electron chi connectivity index (χ2n) is 2.88. The molecule has 0 spiro atoms. The summed E-state index contributed by atoms with van der Waals surface area (Å²) in [6.45, 7) is -0.235. The number of carbonyl (C=O) groups is 1. The van der Waals surface area contributed by atoms with Crippen LogP contribution in [-0.2, 0) is 4.79 Å². The van der Waals surface area contributed by atoms with Gasteiger partial charge in [-0.25, -0.2) is 4.39 Å². The second kappa shape index (κ2) is 4.22. The largest absolute Gasteiger partial charge is 0.397 e. The lowest BCUT2D eigenvalue weighted by molar-refractivity contribution is -0.116. The Balaban J connectivity index is 3.07. The van der Waals surface area contributed by atoms with E-state index >= 15 is 0 Å². The number of halogens is 2. The molecule has 0 unspecified atom stereocenters. The van der Waals surface area contributed by atoms with Crippen LogP contribution in [0.25, 0.3) is 0 Å². The molecule has 1 aromatic rings. The van der Waals surface area contributed by atoms with Crippen LogP contribution >= 0.6 is 11.6 Å². The van der Waals surface area contributed by atoms with Crippen molar-refractivity contribution in [2.24, 2.45) is 5.73 Å². The number of nitrogens with one attached hydrogen (secondary N) is 1. The van der Waals surface area contributed by atoms with Gasteiger partial charge in [0.1, 0.15) is 5.02 Å². The molecule has 1 rings (SSSR count). The highest BCUT2D eigenvalue weighted by molar-refractivity contribution is 6.33. The maximum absolute atomic E-state index is 13.5. The molecule has 1 aromatic carbocycles. The third kappa shape index (κ3) is 2.41. The van der Waals surface area contributed by atoms with Crippen molar-refractivity contribution in [2.45, 2.75) is 0 Å². The van der Waals surface area contributed by atoms with Gasteiger partial charge in [-0.2, -0.15) is 0 Å². The molecule has 0 aromatic heterocycles. The molecule has 15 heavy (non-hydrogen) atoms. The molecule has 82 valence electrons. The van der Waals surface area contributed by atoms with Crippen LogP contribution in [0.5, 0.6) is 0 Å². The molecule has 0 saturated carbocycles. The van der Waals surface area contributed by atoms with Crippen LogP contribution in [0.3, 0.4) is 0 Å². The number of amides is 1. The molecule has 5 nitrogen and oxygen atoms in total. The van der Waals surface area contributed by atoms with Gasteiger partial charge in [0.2, 0.25) is 5.91 Å². The van der Waals surface area contributed by atoms with Crippen LogP contribution in [0.4, 0.5) is 21.5 Å². The first-order valence-electron chi connectivity index (χ1n) is 3.98. The van der Waals surface area contributed by atoms with Gasteiger partial charge in [0.15, 0.2) is 5.82 Å². The molecule has 0 atom stereocenters. The van der Waals surface area contributed by atoms with Crippen molar-refractivity contribution in [1.29, 1.82) is 0 Å². The Morgan fingerprint density at radius 1 is 1.47 bits per heavy atom. The van der Waals surface area contributed by atoms with Crippen molar-refractivity contribution in [3.63, 3.8) is 0 Å². The third-order valence-corrected chi connectivity index (χ3v) is 2.09. The molecule has 1 amide bonds. The summed E-state index contributed by atoms with van der Waals surface area (Å²) >= 11 is 5.56. The van der Waals surface area contributed by atoms with E-state index in [1.54, 1.807) is 0 Å². The average Bonchev–Trinajstić information content (AvgIpc) is 2.14. The highest BCUT2D eigenvalue weighted by Gasteiger charge is 2.14. The first kappa shape index (κ1) is 11.4. The first-order chi connectivity index (χ1) is 6.93. The van der Waals surface area contributed by atoms with Gasteiger partial charge in [0.25, 0.3) is 0 Å². The van der Waals surface area contributed by atoms with E-state index in [2.05, 4.69) is 5.32 Å². The Morgan fingerprint density at radius 3 is 2.60 bits per heavy atom. The van der Waals surface area contributed by atoms with Crippen molar-refractivity contribution in [3.8, 4) is 0 Å². The van der Waals surface area contributed by atoms with E-state index in [0.29, 0.717) is 0 Å². The Hall–Kier alpha value is -1.69. The summed E-state index contributed by atoms with van der Waals surface area (Å²) in [6, 6.07) is 1.30.